The van der Waals surface area contributed by atoms with Crippen molar-refractivity contribution in [1.82, 2.24) is 0 Å². The Hall–Kier alpha value is -1.69. The van der Waals surface area contributed by atoms with Gasteiger partial charge in [0.25, 0.3) is 0 Å². The van der Waals surface area contributed by atoms with Crippen molar-refractivity contribution in [3.8, 4) is 17.6 Å². The van der Waals surface area contributed by atoms with Gasteiger partial charge in [-0.25, -0.2) is 0 Å². The van der Waals surface area contributed by atoms with Crippen molar-refractivity contribution >= 4 is 0 Å². The Bertz CT molecular complexity index is 405. The summed E-state index contributed by atoms with van der Waals surface area (Å²) >= 11 is 0. The zero-order chi connectivity index (χ0) is 12.2. The van der Waals surface area contributed by atoms with Crippen LogP contribution in [0.3, 0.4) is 0 Å². The van der Waals surface area contributed by atoms with E-state index in [1.54, 1.807) is 7.11 Å². The van der Waals surface area contributed by atoms with Gasteiger partial charge in [0.1, 0.15) is 5.60 Å². The predicted molar refractivity (Wildman–Crippen MR) is 62.7 cm³/mol. The third-order valence-electron chi connectivity index (χ3n) is 2.21. The Balaban J connectivity index is 2.93. The van der Waals surface area contributed by atoms with E-state index in [4.69, 9.17) is 14.7 Å². The van der Waals surface area contributed by atoms with Gasteiger partial charge in [0.05, 0.1) is 19.6 Å². The van der Waals surface area contributed by atoms with E-state index < -0.39 is 5.60 Å². The number of rotatable bonds is 4. The van der Waals surface area contributed by atoms with Gasteiger partial charge >= 0.3 is 0 Å². The Labute approximate surface area is 96.6 Å². The molecule has 0 saturated heterocycles. The average molecular weight is 219 g/mol. The summed E-state index contributed by atoms with van der Waals surface area (Å²) < 4.78 is 11.0. The summed E-state index contributed by atoms with van der Waals surface area (Å²) in [5.74, 6) is 1.37. The largest absolute Gasteiger partial charge is 0.493 e. The molecule has 0 aromatic heterocycles. The molecule has 1 rings (SSSR count). The molecule has 0 aliphatic rings. The van der Waals surface area contributed by atoms with Crippen LogP contribution in [-0.2, 0) is 0 Å². The molecular formula is C13H17NO2. The Kier molecular flexibility index (Phi) is 3.78. The molecular weight excluding hydrogens is 202 g/mol. The minimum absolute atomic E-state index is 0.337. The minimum atomic E-state index is -0.503. The third-order valence-corrected chi connectivity index (χ3v) is 2.21. The van der Waals surface area contributed by atoms with Crippen LogP contribution in [0, 0.1) is 18.3 Å². The summed E-state index contributed by atoms with van der Waals surface area (Å²) in [6.07, 6.45) is 0.337. The first-order chi connectivity index (χ1) is 7.48. The standard InChI is InChI=1S/C13H17NO2/c1-10-5-6-11(12(9-10)15-4)16-13(2,3)7-8-14/h5-6,9H,7H2,1-4H3. The van der Waals surface area contributed by atoms with E-state index in [0.29, 0.717) is 17.9 Å². The lowest BCUT2D eigenvalue weighted by Gasteiger charge is -2.24. The smallest absolute Gasteiger partial charge is 0.162 e. The fraction of sp³-hybridized carbons (Fsp3) is 0.462. The number of ether oxygens (including phenoxy) is 2. The van der Waals surface area contributed by atoms with Crippen LogP contribution >= 0.6 is 0 Å². The fourth-order valence-electron chi connectivity index (χ4n) is 1.38. The number of nitrogens with zero attached hydrogens (tertiary/aromatic N) is 1. The molecule has 0 aliphatic carbocycles. The summed E-state index contributed by atoms with van der Waals surface area (Å²) in [5, 5.41) is 8.69. The first-order valence-corrected chi connectivity index (χ1v) is 5.19. The molecule has 1 aromatic carbocycles. The van der Waals surface area contributed by atoms with Crippen LogP contribution in [0.4, 0.5) is 0 Å². The summed E-state index contributed by atoms with van der Waals surface area (Å²) in [5.41, 5.74) is 0.611. The van der Waals surface area contributed by atoms with Crippen molar-refractivity contribution in [2.75, 3.05) is 7.11 Å². The predicted octanol–water partition coefficient (Wildman–Crippen LogP) is 3.07. The van der Waals surface area contributed by atoms with Gasteiger partial charge in [0.2, 0.25) is 0 Å². The second-order valence-corrected chi connectivity index (χ2v) is 4.35. The summed E-state index contributed by atoms with van der Waals surface area (Å²) in [4.78, 5) is 0. The topological polar surface area (TPSA) is 42.2 Å². The second kappa shape index (κ2) is 4.89. The molecule has 0 aliphatic heterocycles. The van der Waals surface area contributed by atoms with Crippen LogP contribution in [0.5, 0.6) is 11.5 Å². The van der Waals surface area contributed by atoms with Gasteiger partial charge in [-0.15, -0.1) is 0 Å². The summed E-state index contributed by atoms with van der Waals surface area (Å²) in [7, 11) is 1.61. The molecule has 0 fully saturated rings. The second-order valence-electron chi connectivity index (χ2n) is 4.35. The zero-order valence-electron chi connectivity index (χ0n) is 10.2. The Morgan fingerprint density at radius 2 is 2.00 bits per heavy atom. The lowest BCUT2D eigenvalue weighted by atomic mass is 10.1. The van der Waals surface area contributed by atoms with Crippen LogP contribution in [0.2, 0.25) is 0 Å². The molecule has 0 spiro atoms. The molecule has 3 heteroatoms. The lowest BCUT2D eigenvalue weighted by Crippen LogP contribution is -2.27. The van der Waals surface area contributed by atoms with Crippen LogP contribution < -0.4 is 9.47 Å². The highest BCUT2D eigenvalue weighted by Crippen LogP contribution is 2.31. The van der Waals surface area contributed by atoms with Gasteiger partial charge < -0.3 is 9.47 Å². The van der Waals surface area contributed by atoms with Gasteiger partial charge in [0, 0.05) is 0 Å². The van der Waals surface area contributed by atoms with Crippen LogP contribution in [0.1, 0.15) is 25.8 Å². The summed E-state index contributed by atoms with van der Waals surface area (Å²) in [6.45, 7) is 5.76. The number of hydrogen-bond acceptors (Lipinski definition) is 3. The number of benzene rings is 1. The highest BCUT2D eigenvalue weighted by molar-refractivity contribution is 5.42. The van der Waals surface area contributed by atoms with Crippen molar-refractivity contribution in [3.63, 3.8) is 0 Å². The Morgan fingerprint density at radius 1 is 1.31 bits per heavy atom. The highest BCUT2D eigenvalue weighted by Gasteiger charge is 2.21. The number of methoxy groups -OCH3 is 1. The maximum absolute atomic E-state index is 8.69. The number of aryl methyl sites for hydroxylation is 1. The molecule has 0 bridgehead atoms. The van der Waals surface area contributed by atoms with Crippen LogP contribution in [0.25, 0.3) is 0 Å². The maximum Gasteiger partial charge on any atom is 0.162 e. The van der Waals surface area contributed by atoms with E-state index in [-0.39, 0.29) is 0 Å². The highest BCUT2D eigenvalue weighted by atomic mass is 16.5. The van der Waals surface area contributed by atoms with Crippen LogP contribution in [0.15, 0.2) is 18.2 Å². The molecule has 0 N–H and O–H groups in total. The molecule has 0 unspecified atom stereocenters. The van der Waals surface area contributed by atoms with Crippen molar-refractivity contribution in [2.45, 2.75) is 32.8 Å². The number of nitriles is 1. The van der Waals surface area contributed by atoms with Crippen molar-refractivity contribution in [3.05, 3.63) is 23.8 Å². The van der Waals surface area contributed by atoms with Gasteiger partial charge in [-0.3, -0.25) is 0 Å². The molecule has 1 aromatic rings. The molecule has 0 heterocycles. The average Bonchev–Trinajstić information content (AvgIpc) is 2.20. The molecule has 0 radical (unpaired) electrons. The fourth-order valence-corrected chi connectivity index (χ4v) is 1.38. The molecule has 3 nitrogen and oxygen atoms in total. The molecule has 0 amide bonds. The molecule has 16 heavy (non-hydrogen) atoms. The molecule has 0 saturated carbocycles. The van der Waals surface area contributed by atoms with E-state index in [9.17, 15) is 0 Å². The van der Waals surface area contributed by atoms with Gasteiger partial charge in [-0.1, -0.05) is 6.07 Å². The Morgan fingerprint density at radius 3 is 2.56 bits per heavy atom. The normalized spacial score (nSPS) is 10.7. The SMILES string of the molecule is COc1cc(C)ccc1OC(C)(C)CC#N. The minimum Gasteiger partial charge on any atom is -0.493 e. The van der Waals surface area contributed by atoms with E-state index >= 15 is 0 Å². The first kappa shape index (κ1) is 12.4. The van der Waals surface area contributed by atoms with Crippen molar-refractivity contribution < 1.29 is 9.47 Å². The maximum atomic E-state index is 8.69. The monoisotopic (exact) mass is 219 g/mol. The lowest BCUT2D eigenvalue weighted by molar-refractivity contribution is 0.110. The van der Waals surface area contributed by atoms with E-state index in [1.165, 1.54) is 0 Å². The van der Waals surface area contributed by atoms with Crippen molar-refractivity contribution in [2.24, 2.45) is 0 Å². The van der Waals surface area contributed by atoms with E-state index in [1.807, 2.05) is 39.0 Å². The molecule has 0 atom stereocenters. The van der Waals surface area contributed by atoms with Crippen LogP contribution in [-0.4, -0.2) is 12.7 Å². The van der Waals surface area contributed by atoms with E-state index in [0.717, 1.165) is 5.56 Å². The molecule has 86 valence electrons. The van der Waals surface area contributed by atoms with Crippen molar-refractivity contribution in [1.29, 1.82) is 5.26 Å². The zero-order valence-corrected chi connectivity index (χ0v) is 10.2. The quantitative estimate of drug-likeness (QED) is 0.781. The van der Waals surface area contributed by atoms with Gasteiger partial charge in [-0.2, -0.15) is 5.26 Å². The van der Waals surface area contributed by atoms with E-state index in [2.05, 4.69) is 6.07 Å². The van der Waals surface area contributed by atoms with Gasteiger partial charge in [-0.05, 0) is 38.5 Å². The number of hydrogen-bond donors (Lipinski definition) is 0. The summed E-state index contributed by atoms with van der Waals surface area (Å²) in [6, 6.07) is 7.85. The van der Waals surface area contributed by atoms with Gasteiger partial charge in [0.15, 0.2) is 11.5 Å². The first-order valence-electron chi connectivity index (χ1n) is 5.19. The third kappa shape index (κ3) is 3.16.